The SMILES string of the molecule is CSc1cc(N/N=C/C(F)(F)F)c(F)cc1Cl. The molecule has 0 radical (unpaired) electrons. The van der Waals surface area contributed by atoms with E-state index in [-0.39, 0.29) is 16.9 Å². The highest BCUT2D eigenvalue weighted by molar-refractivity contribution is 7.98. The molecule has 0 saturated carbocycles. The molecule has 0 saturated heterocycles. The molecule has 0 bridgehead atoms. The Morgan fingerprint density at radius 1 is 1.41 bits per heavy atom. The molecule has 1 N–H and O–H groups in total. The highest BCUT2D eigenvalue weighted by Crippen LogP contribution is 2.30. The molecule has 0 unspecified atom stereocenters. The molecule has 0 atom stereocenters. The van der Waals surface area contributed by atoms with Crippen LogP contribution in [0.5, 0.6) is 0 Å². The van der Waals surface area contributed by atoms with E-state index in [1.54, 1.807) is 6.26 Å². The minimum Gasteiger partial charge on any atom is -0.275 e. The number of thioether (sulfide) groups is 1. The Bertz CT molecular complexity index is 434. The van der Waals surface area contributed by atoms with Crippen molar-refractivity contribution in [3.05, 3.63) is 23.0 Å². The van der Waals surface area contributed by atoms with Crippen LogP contribution < -0.4 is 5.43 Å². The summed E-state index contributed by atoms with van der Waals surface area (Å²) in [6, 6.07) is 2.30. The van der Waals surface area contributed by atoms with Gasteiger partial charge in [-0.3, -0.25) is 5.43 Å². The molecule has 0 amide bonds. The van der Waals surface area contributed by atoms with Crippen molar-refractivity contribution in [1.29, 1.82) is 0 Å². The highest BCUT2D eigenvalue weighted by atomic mass is 35.5. The van der Waals surface area contributed by atoms with Gasteiger partial charge in [0.1, 0.15) is 12.0 Å². The molecule has 0 spiro atoms. The summed E-state index contributed by atoms with van der Waals surface area (Å²) >= 11 is 6.95. The zero-order valence-electron chi connectivity index (χ0n) is 8.48. The number of hydrazone groups is 1. The van der Waals surface area contributed by atoms with E-state index in [0.29, 0.717) is 4.90 Å². The van der Waals surface area contributed by atoms with E-state index >= 15 is 0 Å². The molecule has 0 fully saturated rings. The normalized spacial score (nSPS) is 12.1. The second-order valence-electron chi connectivity index (χ2n) is 2.88. The van der Waals surface area contributed by atoms with Crippen LogP contribution in [0.4, 0.5) is 23.2 Å². The number of halogens is 5. The van der Waals surface area contributed by atoms with Crippen LogP contribution in [-0.2, 0) is 0 Å². The number of alkyl halides is 3. The van der Waals surface area contributed by atoms with Gasteiger partial charge in [0.2, 0.25) is 0 Å². The third-order valence-electron chi connectivity index (χ3n) is 1.64. The number of nitrogens with zero attached hydrogens (tertiary/aromatic N) is 1. The molecule has 0 aliphatic carbocycles. The van der Waals surface area contributed by atoms with Crippen LogP contribution in [0.25, 0.3) is 0 Å². The van der Waals surface area contributed by atoms with E-state index in [2.05, 4.69) is 5.10 Å². The first-order chi connectivity index (χ1) is 7.83. The third kappa shape index (κ3) is 4.43. The summed E-state index contributed by atoms with van der Waals surface area (Å²) in [6.07, 6.45) is -3.10. The maximum atomic E-state index is 13.3. The van der Waals surface area contributed by atoms with E-state index in [0.717, 1.165) is 6.07 Å². The monoisotopic (exact) mass is 286 g/mol. The van der Waals surface area contributed by atoms with Crippen LogP contribution in [0.2, 0.25) is 5.02 Å². The number of hydrogen-bond acceptors (Lipinski definition) is 3. The van der Waals surface area contributed by atoms with Crippen molar-refractivity contribution in [2.75, 3.05) is 11.7 Å². The minimum atomic E-state index is -4.54. The van der Waals surface area contributed by atoms with E-state index in [1.165, 1.54) is 17.8 Å². The van der Waals surface area contributed by atoms with Gasteiger partial charge in [-0.05, 0) is 18.4 Å². The summed E-state index contributed by atoms with van der Waals surface area (Å²) < 4.78 is 48.6. The van der Waals surface area contributed by atoms with Crippen molar-refractivity contribution in [1.82, 2.24) is 0 Å². The average Bonchev–Trinajstić information content (AvgIpc) is 2.19. The van der Waals surface area contributed by atoms with Gasteiger partial charge in [-0.25, -0.2) is 4.39 Å². The number of anilines is 1. The second-order valence-corrected chi connectivity index (χ2v) is 4.13. The molecule has 1 aromatic carbocycles. The van der Waals surface area contributed by atoms with Gasteiger partial charge in [-0.1, -0.05) is 11.6 Å². The number of nitrogens with one attached hydrogen (secondary N) is 1. The van der Waals surface area contributed by atoms with Crippen molar-refractivity contribution >= 4 is 35.3 Å². The molecule has 94 valence electrons. The lowest BCUT2D eigenvalue weighted by Crippen LogP contribution is -2.10. The van der Waals surface area contributed by atoms with E-state index < -0.39 is 12.0 Å². The van der Waals surface area contributed by atoms with Crippen LogP contribution in [0, 0.1) is 5.82 Å². The molecule has 0 aromatic heterocycles. The molecule has 0 aliphatic heterocycles. The zero-order chi connectivity index (χ0) is 13.1. The van der Waals surface area contributed by atoms with Crippen molar-refractivity contribution in [2.24, 2.45) is 5.10 Å². The minimum absolute atomic E-state index is 0.167. The van der Waals surface area contributed by atoms with Crippen molar-refractivity contribution in [3.8, 4) is 0 Å². The van der Waals surface area contributed by atoms with Crippen molar-refractivity contribution in [3.63, 3.8) is 0 Å². The van der Waals surface area contributed by atoms with Gasteiger partial charge in [0.15, 0.2) is 0 Å². The smallest absolute Gasteiger partial charge is 0.275 e. The Kier molecular flexibility index (Phi) is 4.64. The molecule has 0 aliphatic rings. The second kappa shape index (κ2) is 5.59. The molecule has 1 aromatic rings. The lowest BCUT2D eigenvalue weighted by atomic mass is 10.3. The molecule has 17 heavy (non-hydrogen) atoms. The molecule has 0 heterocycles. The fourth-order valence-electron chi connectivity index (χ4n) is 0.946. The molecular weight excluding hydrogens is 280 g/mol. The number of rotatable bonds is 3. The van der Waals surface area contributed by atoms with Crippen molar-refractivity contribution < 1.29 is 17.6 Å². The molecular formula is C9H7ClF4N2S. The first kappa shape index (κ1) is 14.1. The predicted molar refractivity (Wildman–Crippen MR) is 61.4 cm³/mol. The van der Waals surface area contributed by atoms with E-state index in [4.69, 9.17) is 11.6 Å². The Balaban J connectivity index is 2.88. The summed E-state index contributed by atoms with van der Waals surface area (Å²) in [7, 11) is 0. The van der Waals surface area contributed by atoms with Crippen LogP contribution in [0.3, 0.4) is 0 Å². The summed E-state index contributed by atoms with van der Waals surface area (Å²) in [5.41, 5.74) is 1.81. The van der Waals surface area contributed by atoms with Crippen molar-refractivity contribution in [2.45, 2.75) is 11.1 Å². The van der Waals surface area contributed by atoms with Crippen LogP contribution in [0.1, 0.15) is 0 Å². The maximum absolute atomic E-state index is 13.3. The largest absolute Gasteiger partial charge is 0.428 e. The van der Waals surface area contributed by atoms with Gasteiger partial charge in [-0.2, -0.15) is 18.3 Å². The highest BCUT2D eigenvalue weighted by Gasteiger charge is 2.23. The molecule has 8 heteroatoms. The average molecular weight is 287 g/mol. The van der Waals surface area contributed by atoms with Gasteiger partial charge >= 0.3 is 6.18 Å². The maximum Gasteiger partial charge on any atom is 0.428 e. The summed E-state index contributed by atoms with van der Waals surface area (Å²) in [4.78, 5) is 0.540. The van der Waals surface area contributed by atoms with Gasteiger partial charge in [0.05, 0.1) is 10.7 Å². The summed E-state index contributed by atoms with van der Waals surface area (Å²) in [5.74, 6) is -0.771. The Morgan fingerprint density at radius 2 is 2.06 bits per heavy atom. The standard InChI is InChI=1S/C9H7ClF4N2S/c1-17-8-3-7(6(11)2-5(8)10)16-15-4-9(12,13)14/h2-4,16H,1H3/b15-4+. The number of hydrogen-bond donors (Lipinski definition) is 1. The fourth-order valence-corrected chi connectivity index (χ4v) is 1.82. The van der Waals surface area contributed by atoms with Crippen LogP contribution in [-0.4, -0.2) is 18.6 Å². The first-order valence-electron chi connectivity index (χ1n) is 4.23. The van der Waals surface area contributed by atoms with Crippen LogP contribution >= 0.6 is 23.4 Å². The summed E-state index contributed by atoms with van der Waals surface area (Å²) in [5, 5.41) is 3.08. The van der Waals surface area contributed by atoms with E-state index in [9.17, 15) is 17.6 Å². The first-order valence-corrected chi connectivity index (χ1v) is 5.84. The lowest BCUT2D eigenvalue weighted by Gasteiger charge is -2.06. The topological polar surface area (TPSA) is 24.4 Å². The van der Waals surface area contributed by atoms with Gasteiger partial charge in [0, 0.05) is 4.90 Å². The molecule has 2 nitrogen and oxygen atoms in total. The Labute approximate surface area is 104 Å². The van der Waals surface area contributed by atoms with Crippen LogP contribution in [0.15, 0.2) is 22.1 Å². The summed E-state index contributed by atoms with van der Waals surface area (Å²) in [6.45, 7) is 0. The number of benzene rings is 1. The third-order valence-corrected chi connectivity index (χ3v) is 2.84. The van der Waals surface area contributed by atoms with Gasteiger partial charge in [0.25, 0.3) is 0 Å². The molecule has 1 rings (SSSR count). The Hall–Kier alpha value is -0.950. The van der Waals surface area contributed by atoms with Gasteiger partial charge in [-0.15, -0.1) is 11.8 Å². The van der Waals surface area contributed by atoms with Gasteiger partial charge < -0.3 is 0 Å². The zero-order valence-corrected chi connectivity index (χ0v) is 10.0. The lowest BCUT2D eigenvalue weighted by molar-refractivity contribution is -0.0536. The predicted octanol–water partition coefficient (Wildman–Crippen LogP) is 4.16. The quantitative estimate of drug-likeness (QED) is 0.390. The Morgan fingerprint density at radius 3 is 2.59 bits per heavy atom. The van der Waals surface area contributed by atoms with E-state index in [1.807, 2.05) is 5.43 Å². The fraction of sp³-hybridized carbons (Fsp3) is 0.222.